The van der Waals surface area contributed by atoms with Crippen LogP contribution >= 0.6 is 0 Å². The number of carbonyl (C=O) groups is 1. The number of ether oxygens (including phenoxy) is 2. The van der Waals surface area contributed by atoms with E-state index in [1.807, 2.05) is 54.9 Å². The number of carbonyl (C=O) groups excluding carboxylic acids is 1. The molecule has 5 heteroatoms. The fourth-order valence-electron chi connectivity index (χ4n) is 2.90. The van der Waals surface area contributed by atoms with Gasteiger partial charge < -0.3 is 9.47 Å². The number of aromatic nitrogens is 2. The van der Waals surface area contributed by atoms with Crippen molar-refractivity contribution in [2.24, 2.45) is 0 Å². The minimum Gasteiger partial charge on any atom is -0.461 e. The third kappa shape index (κ3) is 4.60. The van der Waals surface area contributed by atoms with Crippen LogP contribution in [-0.2, 0) is 27.4 Å². The summed E-state index contributed by atoms with van der Waals surface area (Å²) in [4.78, 5) is 12.4. The highest BCUT2D eigenvalue weighted by Gasteiger charge is 2.32. The van der Waals surface area contributed by atoms with Crippen molar-refractivity contribution in [2.45, 2.75) is 59.0 Å². The van der Waals surface area contributed by atoms with Crippen LogP contribution in [0, 0.1) is 0 Å². The van der Waals surface area contributed by atoms with E-state index in [4.69, 9.17) is 14.6 Å². The SMILES string of the molecule is CCC(C)OC(=O)C(C)(C)OCc1nn(Cc2ccccc2)c2ccccc12. The lowest BCUT2D eigenvalue weighted by Gasteiger charge is -2.24. The third-order valence-corrected chi connectivity index (χ3v) is 4.85. The van der Waals surface area contributed by atoms with Gasteiger partial charge in [-0.3, -0.25) is 4.68 Å². The van der Waals surface area contributed by atoms with Crippen LogP contribution in [0.15, 0.2) is 54.6 Å². The molecular formula is C23H28N2O3. The molecule has 0 saturated heterocycles. The molecule has 0 N–H and O–H groups in total. The highest BCUT2D eigenvalue weighted by Crippen LogP contribution is 2.23. The lowest BCUT2D eigenvalue weighted by Crippen LogP contribution is -2.38. The molecule has 148 valence electrons. The Hall–Kier alpha value is -2.66. The molecule has 0 bridgehead atoms. The highest BCUT2D eigenvalue weighted by molar-refractivity contribution is 5.82. The molecule has 0 saturated carbocycles. The van der Waals surface area contributed by atoms with Gasteiger partial charge in [0, 0.05) is 5.39 Å². The molecule has 0 radical (unpaired) electrons. The number of rotatable bonds is 8. The van der Waals surface area contributed by atoms with E-state index < -0.39 is 5.60 Å². The molecule has 0 aliphatic carbocycles. The largest absolute Gasteiger partial charge is 0.461 e. The van der Waals surface area contributed by atoms with Gasteiger partial charge in [0.05, 0.1) is 30.5 Å². The first-order valence-corrected chi connectivity index (χ1v) is 9.74. The number of hydrogen-bond donors (Lipinski definition) is 0. The Bertz CT molecular complexity index is 931. The van der Waals surface area contributed by atoms with E-state index >= 15 is 0 Å². The smallest absolute Gasteiger partial charge is 0.338 e. The zero-order valence-electron chi connectivity index (χ0n) is 17.0. The third-order valence-electron chi connectivity index (χ3n) is 4.85. The number of nitrogens with zero attached hydrogens (tertiary/aromatic N) is 2. The van der Waals surface area contributed by atoms with Crippen LogP contribution in [0.5, 0.6) is 0 Å². The maximum Gasteiger partial charge on any atom is 0.338 e. The first-order chi connectivity index (χ1) is 13.4. The maximum absolute atomic E-state index is 12.4. The zero-order valence-corrected chi connectivity index (χ0v) is 17.0. The van der Waals surface area contributed by atoms with Crippen LogP contribution in [0.4, 0.5) is 0 Å². The van der Waals surface area contributed by atoms with Crippen molar-refractivity contribution in [3.63, 3.8) is 0 Å². The summed E-state index contributed by atoms with van der Waals surface area (Å²) in [5, 5.41) is 5.80. The number of esters is 1. The first kappa shape index (κ1) is 20.1. The van der Waals surface area contributed by atoms with Gasteiger partial charge in [0.25, 0.3) is 0 Å². The van der Waals surface area contributed by atoms with Crippen molar-refractivity contribution in [3.8, 4) is 0 Å². The monoisotopic (exact) mass is 380 g/mol. The minimum absolute atomic E-state index is 0.124. The molecule has 0 amide bonds. The summed E-state index contributed by atoms with van der Waals surface area (Å²) < 4.78 is 13.4. The van der Waals surface area contributed by atoms with Gasteiger partial charge in [-0.15, -0.1) is 0 Å². The second-order valence-corrected chi connectivity index (χ2v) is 7.53. The predicted octanol–water partition coefficient (Wildman–Crippen LogP) is 4.72. The van der Waals surface area contributed by atoms with E-state index in [0.717, 1.165) is 23.0 Å². The molecule has 5 nitrogen and oxygen atoms in total. The Morgan fingerprint density at radius 2 is 1.79 bits per heavy atom. The summed E-state index contributed by atoms with van der Waals surface area (Å²) in [5.74, 6) is -0.352. The molecule has 3 rings (SSSR count). The highest BCUT2D eigenvalue weighted by atomic mass is 16.6. The number of benzene rings is 2. The Morgan fingerprint density at radius 1 is 1.11 bits per heavy atom. The molecule has 1 heterocycles. The Morgan fingerprint density at radius 3 is 2.50 bits per heavy atom. The summed E-state index contributed by atoms with van der Waals surface area (Å²) in [7, 11) is 0. The average molecular weight is 380 g/mol. The first-order valence-electron chi connectivity index (χ1n) is 9.74. The van der Waals surface area contributed by atoms with E-state index in [0.29, 0.717) is 6.54 Å². The number of hydrogen-bond acceptors (Lipinski definition) is 4. The van der Waals surface area contributed by atoms with Crippen molar-refractivity contribution in [1.29, 1.82) is 0 Å². The van der Waals surface area contributed by atoms with Gasteiger partial charge in [0.2, 0.25) is 0 Å². The fourth-order valence-corrected chi connectivity index (χ4v) is 2.90. The van der Waals surface area contributed by atoms with Crippen molar-refractivity contribution in [1.82, 2.24) is 9.78 Å². The van der Waals surface area contributed by atoms with E-state index in [1.165, 1.54) is 5.56 Å². The predicted molar refractivity (Wildman–Crippen MR) is 110 cm³/mol. The molecule has 0 fully saturated rings. The molecule has 28 heavy (non-hydrogen) atoms. The lowest BCUT2D eigenvalue weighted by molar-refractivity contribution is -0.174. The van der Waals surface area contributed by atoms with Crippen molar-refractivity contribution in [2.75, 3.05) is 0 Å². The molecule has 1 aromatic heterocycles. The van der Waals surface area contributed by atoms with Crippen LogP contribution in [0.2, 0.25) is 0 Å². The van der Waals surface area contributed by atoms with Crippen LogP contribution in [-0.4, -0.2) is 27.5 Å². The van der Waals surface area contributed by atoms with Gasteiger partial charge in [0.1, 0.15) is 0 Å². The van der Waals surface area contributed by atoms with Gasteiger partial charge in [-0.05, 0) is 38.8 Å². The topological polar surface area (TPSA) is 53.4 Å². The molecule has 0 aliphatic heterocycles. The molecule has 0 aliphatic rings. The Kier molecular flexibility index (Phi) is 6.15. The average Bonchev–Trinajstić information content (AvgIpc) is 3.05. The molecule has 3 aromatic rings. The summed E-state index contributed by atoms with van der Waals surface area (Å²) in [6.45, 7) is 8.26. The summed E-state index contributed by atoms with van der Waals surface area (Å²) in [6.07, 6.45) is 0.650. The number of para-hydroxylation sites is 1. The molecular weight excluding hydrogens is 352 g/mol. The van der Waals surface area contributed by atoms with Gasteiger partial charge in [-0.2, -0.15) is 5.10 Å². The normalized spacial score (nSPS) is 12.9. The van der Waals surface area contributed by atoms with Crippen molar-refractivity contribution < 1.29 is 14.3 Å². The van der Waals surface area contributed by atoms with Crippen LogP contribution in [0.25, 0.3) is 10.9 Å². The van der Waals surface area contributed by atoms with Gasteiger partial charge in [-0.1, -0.05) is 55.5 Å². The van der Waals surface area contributed by atoms with Gasteiger partial charge in [0.15, 0.2) is 5.60 Å². The van der Waals surface area contributed by atoms with Crippen LogP contribution in [0.3, 0.4) is 0 Å². The fraction of sp³-hybridized carbons (Fsp3) is 0.391. The van der Waals surface area contributed by atoms with Crippen LogP contribution < -0.4 is 0 Å². The van der Waals surface area contributed by atoms with Gasteiger partial charge >= 0.3 is 5.97 Å². The second kappa shape index (κ2) is 8.57. The standard InChI is InChI=1S/C23H28N2O3/c1-5-17(2)28-22(26)23(3,4)27-16-20-19-13-9-10-14-21(19)25(24-20)15-18-11-7-6-8-12-18/h6-14,17H,5,15-16H2,1-4H3. The Labute approximate surface area is 166 Å². The summed E-state index contributed by atoms with van der Waals surface area (Å²) in [5.41, 5.74) is 2.01. The molecule has 1 unspecified atom stereocenters. The Balaban J connectivity index is 1.79. The molecule has 1 atom stereocenters. The molecule has 2 aromatic carbocycles. The van der Waals surface area contributed by atoms with Crippen molar-refractivity contribution in [3.05, 3.63) is 65.9 Å². The second-order valence-electron chi connectivity index (χ2n) is 7.53. The molecule has 0 spiro atoms. The van der Waals surface area contributed by atoms with E-state index in [1.54, 1.807) is 13.8 Å². The van der Waals surface area contributed by atoms with Crippen LogP contribution in [0.1, 0.15) is 45.4 Å². The zero-order chi connectivity index (χ0) is 20.1. The minimum atomic E-state index is -1.03. The number of fused-ring (bicyclic) bond motifs is 1. The van der Waals surface area contributed by atoms with Crippen molar-refractivity contribution >= 4 is 16.9 Å². The maximum atomic E-state index is 12.4. The summed E-state index contributed by atoms with van der Waals surface area (Å²) in [6, 6.07) is 18.3. The summed E-state index contributed by atoms with van der Waals surface area (Å²) >= 11 is 0. The van der Waals surface area contributed by atoms with Gasteiger partial charge in [-0.25, -0.2) is 4.79 Å². The van der Waals surface area contributed by atoms with E-state index in [2.05, 4.69) is 18.2 Å². The van der Waals surface area contributed by atoms with E-state index in [-0.39, 0.29) is 18.7 Å². The quantitative estimate of drug-likeness (QED) is 0.531. The lowest BCUT2D eigenvalue weighted by atomic mass is 10.1. The van der Waals surface area contributed by atoms with E-state index in [9.17, 15) is 4.79 Å².